The van der Waals surface area contributed by atoms with E-state index in [2.05, 4.69) is 60.4 Å². The van der Waals surface area contributed by atoms with E-state index in [1.54, 1.807) is 0 Å². The van der Waals surface area contributed by atoms with E-state index < -0.39 is 6.10 Å². The third-order valence-corrected chi connectivity index (χ3v) is 4.56. The number of para-hydroxylation sites is 1. The van der Waals surface area contributed by atoms with Crippen molar-refractivity contribution < 1.29 is 9.84 Å². The number of rotatable bonds is 9. The molecule has 1 N–H and O–H groups in total. The molecule has 0 bridgehead atoms. The van der Waals surface area contributed by atoms with Crippen molar-refractivity contribution in [1.82, 2.24) is 4.90 Å². The van der Waals surface area contributed by atoms with Crippen LogP contribution in [0.4, 0.5) is 0 Å². The van der Waals surface area contributed by atoms with Crippen molar-refractivity contribution in [2.75, 3.05) is 13.2 Å². The lowest BCUT2D eigenvalue weighted by Crippen LogP contribution is -2.35. The van der Waals surface area contributed by atoms with Gasteiger partial charge in [0.25, 0.3) is 0 Å². The van der Waals surface area contributed by atoms with Crippen molar-refractivity contribution in [1.29, 1.82) is 0 Å². The Labute approximate surface area is 161 Å². The first-order valence-corrected chi connectivity index (χ1v) is 9.37. The molecule has 0 aliphatic carbocycles. The SMILES string of the molecule is Cc1ccccc1CN(Cc1ccccc1)C[C@H](O)COc1ccccc1. The lowest BCUT2D eigenvalue weighted by atomic mass is 10.1. The number of ether oxygens (including phenoxy) is 1. The van der Waals surface area contributed by atoms with Crippen LogP contribution < -0.4 is 4.74 Å². The molecule has 0 aliphatic rings. The quantitative estimate of drug-likeness (QED) is 0.612. The zero-order valence-corrected chi connectivity index (χ0v) is 15.8. The van der Waals surface area contributed by atoms with Gasteiger partial charge in [-0.05, 0) is 35.7 Å². The second-order valence-electron chi connectivity index (χ2n) is 6.86. The summed E-state index contributed by atoms with van der Waals surface area (Å²) < 4.78 is 5.72. The van der Waals surface area contributed by atoms with Gasteiger partial charge in [-0.15, -0.1) is 0 Å². The summed E-state index contributed by atoms with van der Waals surface area (Å²) in [5, 5.41) is 10.5. The van der Waals surface area contributed by atoms with Gasteiger partial charge in [0, 0.05) is 19.6 Å². The third kappa shape index (κ3) is 6.24. The second-order valence-corrected chi connectivity index (χ2v) is 6.86. The molecule has 0 saturated carbocycles. The normalized spacial score (nSPS) is 12.1. The molecule has 3 heteroatoms. The molecule has 27 heavy (non-hydrogen) atoms. The average molecular weight is 361 g/mol. The maximum atomic E-state index is 10.5. The number of aliphatic hydroxyl groups excluding tert-OH is 1. The molecule has 0 unspecified atom stereocenters. The maximum Gasteiger partial charge on any atom is 0.119 e. The first-order chi connectivity index (χ1) is 13.2. The largest absolute Gasteiger partial charge is 0.491 e. The van der Waals surface area contributed by atoms with Crippen LogP contribution >= 0.6 is 0 Å². The van der Waals surface area contributed by atoms with E-state index in [4.69, 9.17) is 4.74 Å². The van der Waals surface area contributed by atoms with Crippen LogP contribution in [0.15, 0.2) is 84.9 Å². The summed E-state index contributed by atoms with van der Waals surface area (Å²) in [7, 11) is 0. The summed E-state index contributed by atoms with van der Waals surface area (Å²) in [6, 6.07) is 28.4. The number of aliphatic hydroxyl groups is 1. The second kappa shape index (κ2) is 9.91. The van der Waals surface area contributed by atoms with Crippen LogP contribution in [0.2, 0.25) is 0 Å². The van der Waals surface area contributed by atoms with E-state index >= 15 is 0 Å². The van der Waals surface area contributed by atoms with Gasteiger partial charge in [-0.1, -0.05) is 72.8 Å². The highest BCUT2D eigenvalue weighted by Gasteiger charge is 2.14. The lowest BCUT2D eigenvalue weighted by Gasteiger charge is -2.26. The van der Waals surface area contributed by atoms with Crippen LogP contribution in [0, 0.1) is 6.92 Å². The van der Waals surface area contributed by atoms with Crippen molar-refractivity contribution >= 4 is 0 Å². The first-order valence-electron chi connectivity index (χ1n) is 9.37. The minimum absolute atomic E-state index is 0.281. The standard InChI is InChI=1S/C24H27NO2/c1-20-10-8-9-13-22(20)17-25(16-21-11-4-2-5-12-21)18-23(26)19-27-24-14-6-3-7-15-24/h2-15,23,26H,16-19H2,1H3/t23-/m0/s1. The molecule has 140 valence electrons. The van der Waals surface area contributed by atoms with Crippen molar-refractivity contribution in [2.45, 2.75) is 26.1 Å². The van der Waals surface area contributed by atoms with Crippen molar-refractivity contribution in [3.05, 3.63) is 102 Å². The average Bonchev–Trinajstić information content (AvgIpc) is 2.70. The topological polar surface area (TPSA) is 32.7 Å². The molecule has 3 rings (SSSR count). The van der Waals surface area contributed by atoms with Gasteiger partial charge >= 0.3 is 0 Å². The van der Waals surface area contributed by atoms with Crippen LogP contribution in [0.1, 0.15) is 16.7 Å². The van der Waals surface area contributed by atoms with Crippen LogP contribution in [0.5, 0.6) is 5.75 Å². The number of aryl methyl sites for hydroxylation is 1. The highest BCUT2D eigenvalue weighted by atomic mass is 16.5. The van der Waals surface area contributed by atoms with Gasteiger partial charge in [0.15, 0.2) is 0 Å². The molecule has 0 radical (unpaired) electrons. The molecule has 0 heterocycles. The van der Waals surface area contributed by atoms with E-state index in [9.17, 15) is 5.11 Å². The fourth-order valence-electron chi connectivity index (χ4n) is 3.11. The Kier molecular flexibility index (Phi) is 7.03. The minimum atomic E-state index is -0.557. The molecule has 0 spiro atoms. The van der Waals surface area contributed by atoms with Gasteiger partial charge in [0.1, 0.15) is 18.5 Å². The summed E-state index contributed by atoms with van der Waals surface area (Å²) in [5.41, 5.74) is 3.79. The van der Waals surface area contributed by atoms with Crippen LogP contribution in [-0.4, -0.2) is 29.3 Å². The molecule has 0 fully saturated rings. The summed E-state index contributed by atoms with van der Waals surface area (Å²) >= 11 is 0. The van der Waals surface area contributed by atoms with Gasteiger partial charge in [-0.25, -0.2) is 0 Å². The van der Waals surface area contributed by atoms with Crippen molar-refractivity contribution in [3.63, 3.8) is 0 Å². The zero-order valence-electron chi connectivity index (χ0n) is 15.8. The molecular weight excluding hydrogens is 334 g/mol. The highest BCUT2D eigenvalue weighted by molar-refractivity contribution is 5.26. The Morgan fingerprint density at radius 1 is 0.815 bits per heavy atom. The van der Waals surface area contributed by atoms with E-state index in [0.717, 1.165) is 18.8 Å². The minimum Gasteiger partial charge on any atom is -0.491 e. The van der Waals surface area contributed by atoms with Crippen LogP contribution in [0.3, 0.4) is 0 Å². The Morgan fingerprint density at radius 3 is 2.15 bits per heavy atom. The zero-order chi connectivity index (χ0) is 18.9. The first kappa shape index (κ1) is 19.2. The summed E-state index contributed by atoms with van der Waals surface area (Å²) in [5.74, 6) is 0.782. The molecule has 3 aromatic carbocycles. The van der Waals surface area contributed by atoms with Gasteiger partial charge in [0.05, 0.1) is 0 Å². The number of hydrogen-bond donors (Lipinski definition) is 1. The molecule has 0 aliphatic heterocycles. The van der Waals surface area contributed by atoms with Crippen LogP contribution in [0.25, 0.3) is 0 Å². The lowest BCUT2D eigenvalue weighted by molar-refractivity contribution is 0.0628. The molecule has 0 aromatic heterocycles. The Bertz CT molecular complexity index is 805. The molecule has 0 saturated heterocycles. The van der Waals surface area contributed by atoms with E-state index in [1.807, 2.05) is 36.4 Å². The predicted molar refractivity (Wildman–Crippen MR) is 110 cm³/mol. The molecule has 3 aromatic rings. The van der Waals surface area contributed by atoms with Gasteiger partial charge in [-0.2, -0.15) is 0 Å². The maximum absolute atomic E-state index is 10.5. The highest BCUT2D eigenvalue weighted by Crippen LogP contribution is 2.15. The fourth-order valence-corrected chi connectivity index (χ4v) is 3.11. The fraction of sp³-hybridized carbons (Fsp3) is 0.250. The van der Waals surface area contributed by atoms with Gasteiger partial charge in [0.2, 0.25) is 0 Å². The number of benzene rings is 3. The molecule has 0 amide bonds. The molecule has 1 atom stereocenters. The van der Waals surface area contributed by atoms with Crippen molar-refractivity contribution in [3.8, 4) is 5.75 Å². The monoisotopic (exact) mass is 361 g/mol. The summed E-state index contributed by atoms with van der Waals surface area (Å²) in [6.45, 7) is 4.55. The van der Waals surface area contributed by atoms with Gasteiger partial charge < -0.3 is 9.84 Å². The van der Waals surface area contributed by atoms with Gasteiger partial charge in [-0.3, -0.25) is 4.90 Å². The predicted octanol–water partition coefficient (Wildman–Crippen LogP) is 4.44. The Balaban J connectivity index is 1.64. The molecular formula is C24H27NO2. The number of hydrogen-bond acceptors (Lipinski definition) is 3. The smallest absolute Gasteiger partial charge is 0.119 e. The van der Waals surface area contributed by atoms with Crippen LogP contribution in [-0.2, 0) is 13.1 Å². The summed E-state index contributed by atoms with van der Waals surface area (Å²) in [6.07, 6.45) is -0.557. The van der Waals surface area contributed by atoms with E-state index in [-0.39, 0.29) is 6.61 Å². The van der Waals surface area contributed by atoms with E-state index in [1.165, 1.54) is 16.7 Å². The number of nitrogens with zero attached hydrogens (tertiary/aromatic N) is 1. The Morgan fingerprint density at radius 2 is 1.44 bits per heavy atom. The van der Waals surface area contributed by atoms with E-state index in [0.29, 0.717) is 6.54 Å². The Hall–Kier alpha value is -2.62. The third-order valence-electron chi connectivity index (χ3n) is 4.56. The summed E-state index contributed by atoms with van der Waals surface area (Å²) in [4.78, 5) is 2.27. The van der Waals surface area contributed by atoms with Crippen molar-refractivity contribution in [2.24, 2.45) is 0 Å². The molecule has 3 nitrogen and oxygen atoms in total.